The number of aliphatic hydroxyl groups is 3. The summed E-state index contributed by atoms with van der Waals surface area (Å²) in [6.07, 6.45) is 0.693. The number of esters is 1. The van der Waals surface area contributed by atoms with Crippen molar-refractivity contribution in [2.75, 3.05) is 19.8 Å². The molecular weight excluding hydrogens is 483 g/mol. The van der Waals surface area contributed by atoms with E-state index in [-0.39, 0.29) is 56.9 Å². The minimum atomic E-state index is -1.97. The fourth-order valence-electron chi connectivity index (χ4n) is 6.12. The van der Waals surface area contributed by atoms with Crippen LogP contribution in [0.1, 0.15) is 53.1 Å². The van der Waals surface area contributed by atoms with Crippen LogP contribution in [-0.2, 0) is 45.0 Å². The maximum atomic E-state index is 14.9. The predicted molar refractivity (Wildman–Crippen MR) is 129 cm³/mol. The minimum absolute atomic E-state index is 0.0147. The minimum Gasteiger partial charge on any atom is -0.458 e. The maximum absolute atomic E-state index is 14.9. The van der Waals surface area contributed by atoms with Crippen LogP contribution < -0.4 is 5.56 Å². The smallest absolute Gasteiger partial charge is 0.343 e. The summed E-state index contributed by atoms with van der Waals surface area (Å²) in [5.41, 5.74) is 0.0469. The average Bonchev–Trinajstić information content (AvgIpc) is 3.24. The molecule has 0 spiro atoms. The van der Waals surface area contributed by atoms with E-state index in [1.54, 1.807) is 19.9 Å². The number of carbonyl (C=O) groups is 1. The lowest BCUT2D eigenvalue weighted by Gasteiger charge is -2.36. The van der Waals surface area contributed by atoms with Crippen LogP contribution in [0.25, 0.3) is 22.3 Å². The lowest BCUT2D eigenvalue weighted by molar-refractivity contribution is -0.172. The molecule has 3 aromatic rings. The van der Waals surface area contributed by atoms with Crippen LogP contribution in [0, 0.1) is 12.7 Å². The highest BCUT2D eigenvalue weighted by Crippen LogP contribution is 2.48. The summed E-state index contributed by atoms with van der Waals surface area (Å²) in [4.78, 5) is 30.8. The third-order valence-electron chi connectivity index (χ3n) is 8.13. The van der Waals surface area contributed by atoms with Crippen LogP contribution >= 0.6 is 0 Å². The van der Waals surface area contributed by atoms with E-state index in [1.807, 2.05) is 0 Å². The second-order valence-corrected chi connectivity index (χ2v) is 10.1. The van der Waals surface area contributed by atoms with Gasteiger partial charge in [0.05, 0.1) is 48.8 Å². The molecule has 0 bridgehead atoms. The second-order valence-electron chi connectivity index (χ2n) is 10.1. The summed E-state index contributed by atoms with van der Waals surface area (Å²) in [5, 5.41) is 32.8. The van der Waals surface area contributed by atoms with Crippen molar-refractivity contribution in [1.29, 1.82) is 0 Å². The van der Waals surface area contributed by atoms with Crippen molar-refractivity contribution in [1.82, 2.24) is 9.55 Å². The molecule has 0 amide bonds. The molecule has 0 saturated carbocycles. The summed E-state index contributed by atoms with van der Waals surface area (Å²) < 4.78 is 27.1. The zero-order valence-electron chi connectivity index (χ0n) is 20.6. The molecule has 194 valence electrons. The number of aliphatic hydroxyl groups excluding tert-OH is 1. The van der Waals surface area contributed by atoms with Gasteiger partial charge in [0.25, 0.3) is 5.56 Å². The van der Waals surface area contributed by atoms with Crippen molar-refractivity contribution in [2.24, 2.45) is 0 Å². The maximum Gasteiger partial charge on any atom is 0.343 e. The van der Waals surface area contributed by atoms with Crippen LogP contribution in [0.5, 0.6) is 0 Å². The number of carbonyl (C=O) groups excluding carboxylic acids is 1. The van der Waals surface area contributed by atoms with Crippen molar-refractivity contribution in [3.05, 3.63) is 61.7 Å². The van der Waals surface area contributed by atoms with Crippen molar-refractivity contribution in [2.45, 2.75) is 57.5 Å². The Balaban J connectivity index is 1.66. The highest BCUT2D eigenvalue weighted by Gasteiger charge is 2.47. The number of cyclic esters (lactones) is 1. The topological polar surface area (TPSA) is 131 Å². The zero-order chi connectivity index (χ0) is 26.3. The quantitative estimate of drug-likeness (QED) is 0.273. The SMILES string of the molecule is CC[C@@]1(O)C(=O)OCc2c1cc1n(c2=O)Cc2c-1nc1cc(F)c(C)c3c1c2C(O)(COCCO)CC3. The lowest BCUT2D eigenvalue weighted by atomic mass is 9.75. The number of pyridine rings is 2. The lowest BCUT2D eigenvalue weighted by Crippen LogP contribution is -2.44. The van der Waals surface area contributed by atoms with Gasteiger partial charge in [0, 0.05) is 28.1 Å². The predicted octanol–water partition coefficient (Wildman–Crippen LogP) is 1.67. The fourth-order valence-corrected chi connectivity index (χ4v) is 6.12. The van der Waals surface area contributed by atoms with Gasteiger partial charge in [-0.05, 0) is 43.4 Å². The number of nitrogens with zero attached hydrogens (tertiary/aromatic N) is 2. The van der Waals surface area contributed by atoms with Crippen LogP contribution in [0.3, 0.4) is 0 Å². The molecule has 6 rings (SSSR count). The van der Waals surface area contributed by atoms with E-state index < -0.39 is 28.5 Å². The largest absolute Gasteiger partial charge is 0.458 e. The van der Waals surface area contributed by atoms with Gasteiger partial charge >= 0.3 is 5.97 Å². The summed E-state index contributed by atoms with van der Waals surface area (Å²) in [5.74, 6) is -1.23. The van der Waals surface area contributed by atoms with E-state index in [1.165, 1.54) is 10.6 Å². The van der Waals surface area contributed by atoms with Crippen LogP contribution in [0.2, 0.25) is 0 Å². The molecule has 1 unspecified atom stereocenters. The van der Waals surface area contributed by atoms with Crippen molar-refractivity contribution in [3.8, 4) is 11.4 Å². The molecule has 3 N–H and O–H groups in total. The number of ether oxygens (including phenoxy) is 2. The van der Waals surface area contributed by atoms with Crippen LogP contribution in [-0.4, -0.2) is 50.7 Å². The fraction of sp³-hybridized carbons (Fsp3) is 0.444. The molecule has 2 aromatic heterocycles. The molecule has 9 nitrogen and oxygen atoms in total. The number of benzene rings is 1. The van der Waals surface area contributed by atoms with E-state index in [0.717, 1.165) is 5.56 Å². The zero-order valence-corrected chi connectivity index (χ0v) is 20.6. The summed E-state index contributed by atoms with van der Waals surface area (Å²) >= 11 is 0. The third kappa shape index (κ3) is 3.19. The van der Waals surface area contributed by atoms with Crippen molar-refractivity contribution >= 4 is 16.9 Å². The number of rotatable bonds is 5. The second kappa shape index (κ2) is 8.16. The molecule has 2 aliphatic heterocycles. The molecule has 10 heteroatoms. The average molecular weight is 511 g/mol. The molecule has 1 aromatic carbocycles. The number of hydrogen-bond acceptors (Lipinski definition) is 8. The first-order valence-corrected chi connectivity index (χ1v) is 12.4. The molecule has 4 heterocycles. The Morgan fingerprint density at radius 3 is 2.73 bits per heavy atom. The Bertz CT molecular complexity index is 1570. The molecule has 37 heavy (non-hydrogen) atoms. The Hall–Kier alpha value is -3.18. The number of halogens is 1. The normalized spacial score (nSPS) is 23.6. The number of aryl methyl sites for hydroxylation is 1. The van der Waals surface area contributed by atoms with Gasteiger partial charge in [0.2, 0.25) is 0 Å². The molecule has 2 atom stereocenters. The first-order valence-electron chi connectivity index (χ1n) is 12.4. The summed E-state index contributed by atoms with van der Waals surface area (Å²) in [6.45, 7) is 2.94. The van der Waals surface area contributed by atoms with Gasteiger partial charge in [-0.25, -0.2) is 14.2 Å². The summed E-state index contributed by atoms with van der Waals surface area (Å²) in [6, 6.07) is 2.92. The first kappa shape index (κ1) is 24.2. The third-order valence-corrected chi connectivity index (χ3v) is 8.13. The Kier molecular flexibility index (Phi) is 5.33. The number of aromatic nitrogens is 2. The molecule has 0 saturated heterocycles. The van der Waals surface area contributed by atoms with E-state index in [0.29, 0.717) is 45.4 Å². The molecule has 1 aliphatic carbocycles. The van der Waals surface area contributed by atoms with Crippen LogP contribution in [0.4, 0.5) is 4.39 Å². The Morgan fingerprint density at radius 2 is 2.00 bits per heavy atom. The number of hydrogen-bond donors (Lipinski definition) is 3. The van der Waals surface area contributed by atoms with Crippen molar-refractivity contribution in [3.63, 3.8) is 0 Å². The van der Waals surface area contributed by atoms with Gasteiger partial charge in [-0.15, -0.1) is 0 Å². The molecule has 0 radical (unpaired) electrons. The van der Waals surface area contributed by atoms with Gasteiger partial charge in [0.15, 0.2) is 5.60 Å². The molecule has 0 fully saturated rings. The highest BCUT2D eigenvalue weighted by molar-refractivity contribution is 5.93. The van der Waals surface area contributed by atoms with Gasteiger partial charge in [-0.1, -0.05) is 6.92 Å². The van der Waals surface area contributed by atoms with E-state index in [9.17, 15) is 29.3 Å². The molecule has 3 aliphatic rings. The van der Waals surface area contributed by atoms with E-state index >= 15 is 0 Å². The number of fused-ring (bicyclic) bond motifs is 5. The van der Waals surface area contributed by atoms with E-state index in [2.05, 4.69) is 0 Å². The highest BCUT2D eigenvalue weighted by atomic mass is 19.1. The summed E-state index contributed by atoms with van der Waals surface area (Å²) in [7, 11) is 0. The first-order chi connectivity index (χ1) is 17.6. The van der Waals surface area contributed by atoms with Gasteiger partial charge in [0.1, 0.15) is 18.0 Å². The monoisotopic (exact) mass is 510 g/mol. The van der Waals surface area contributed by atoms with E-state index in [4.69, 9.17) is 14.5 Å². The van der Waals surface area contributed by atoms with Gasteiger partial charge in [-0.3, -0.25) is 4.79 Å². The molecular formula is C27H27FN2O7. The Morgan fingerprint density at radius 1 is 1.22 bits per heavy atom. The standard InChI is InChI=1S/C27H27FN2O7/c1-3-27(35)17-8-20-23-15(10-30(20)24(32)16(17)11-37-25(27)33)22-21-14(13(2)18(28)9-19(21)29-23)4-5-26(22,34)12-36-7-6-31/h8-9,31,34-35H,3-7,10-12H2,1-2H3/t26?,27-/m0/s1. The van der Waals surface area contributed by atoms with Crippen LogP contribution in [0.15, 0.2) is 16.9 Å². The Labute approximate surface area is 211 Å². The van der Waals surface area contributed by atoms with Gasteiger partial charge < -0.3 is 29.4 Å². The van der Waals surface area contributed by atoms with Crippen molar-refractivity contribution < 1.29 is 34.0 Å². The van der Waals surface area contributed by atoms with Gasteiger partial charge in [-0.2, -0.15) is 0 Å².